The van der Waals surface area contributed by atoms with Gasteiger partial charge in [0.15, 0.2) is 6.29 Å². The molecular weight excluding hydrogens is 244 g/mol. The van der Waals surface area contributed by atoms with E-state index in [-0.39, 0.29) is 10.8 Å². The van der Waals surface area contributed by atoms with Crippen LogP contribution in [0.25, 0.3) is 11.1 Å². The Labute approximate surface area is 122 Å². The van der Waals surface area contributed by atoms with E-state index in [4.69, 9.17) is 0 Å². The third kappa shape index (κ3) is 2.63. The van der Waals surface area contributed by atoms with E-state index < -0.39 is 0 Å². The smallest absolute Gasteiger partial charge is 0.150 e. The van der Waals surface area contributed by atoms with E-state index >= 15 is 0 Å². The van der Waals surface area contributed by atoms with Crippen molar-refractivity contribution in [3.8, 4) is 11.1 Å². The van der Waals surface area contributed by atoms with Crippen molar-refractivity contribution in [1.82, 2.24) is 0 Å². The van der Waals surface area contributed by atoms with E-state index in [1.807, 2.05) is 0 Å². The molecule has 2 aliphatic rings. The van der Waals surface area contributed by atoms with Gasteiger partial charge in [0.25, 0.3) is 0 Å². The molecule has 0 N–H and O–H groups in total. The first-order valence-electron chi connectivity index (χ1n) is 7.17. The lowest BCUT2D eigenvalue weighted by Crippen LogP contribution is -2.12. The molecule has 0 heterocycles. The van der Waals surface area contributed by atoms with Gasteiger partial charge in [-0.1, -0.05) is 65.8 Å². The van der Waals surface area contributed by atoms with Gasteiger partial charge in [-0.2, -0.15) is 0 Å². The summed E-state index contributed by atoms with van der Waals surface area (Å²) in [7, 11) is 0. The predicted molar refractivity (Wildman–Crippen MR) is 85.9 cm³/mol. The summed E-state index contributed by atoms with van der Waals surface area (Å²) in [5, 5.41) is 0. The van der Waals surface area contributed by atoms with Crippen LogP contribution in [0, 0.1) is 0 Å². The first kappa shape index (κ1) is 14.8. The molecule has 0 unspecified atom stereocenters. The lowest BCUT2D eigenvalue weighted by molar-refractivity contribution is 0.112. The Bertz CT molecular complexity index is 609. The van der Waals surface area contributed by atoms with Gasteiger partial charge in [0.1, 0.15) is 0 Å². The van der Waals surface area contributed by atoms with Crippen LogP contribution in [-0.4, -0.2) is 6.29 Å². The van der Waals surface area contributed by atoms with Crippen LogP contribution in [0.15, 0.2) is 30.3 Å². The molecule has 2 aliphatic carbocycles. The molecule has 0 atom stereocenters. The molecule has 0 fully saturated rings. The summed E-state index contributed by atoms with van der Waals surface area (Å²) < 4.78 is 0. The quantitative estimate of drug-likeness (QED) is 0.650. The van der Waals surface area contributed by atoms with E-state index in [9.17, 15) is 4.79 Å². The van der Waals surface area contributed by atoms with Gasteiger partial charge in [0.05, 0.1) is 0 Å². The monoisotopic (exact) mass is 268 g/mol. The minimum atomic E-state index is -0.0132. The number of carbonyl (C=O) groups is 1. The fourth-order valence-electron chi connectivity index (χ4n) is 2.59. The number of carbonyl (C=O) groups excluding carboxylic acids is 1. The first-order valence-corrected chi connectivity index (χ1v) is 7.17. The van der Waals surface area contributed by atoms with Crippen LogP contribution in [0.3, 0.4) is 0 Å². The van der Waals surface area contributed by atoms with E-state index in [1.54, 1.807) is 0 Å². The lowest BCUT2D eigenvalue weighted by Gasteiger charge is -2.18. The summed E-state index contributed by atoms with van der Waals surface area (Å²) in [4.78, 5) is 11.5. The fraction of sp³-hybridized carbons (Fsp3) is 0.421. The second-order valence-electron chi connectivity index (χ2n) is 7.58. The molecule has 1 nitrogen and oxygen atoms in total. The van der Waals surface area contributed by atoms with Crippen LogP contribution in [-0.2, 0) is 10.8 Å². The van der Waals surface area contributed by atoms with E-state index in [0.717, 1.165) is 28.5 Å². The summed E-state index contributed by atoms with van der Waals surface area (Å²) in [5.74, 6) is 0. The average Bonchev–Trinajstić information content (AvgIpc) is 2.52. The Hall–Kier alpha value is -1.63. The molecule has 0 aromatic rings. The van der Waals surface area contributed by atoms with Gasteiger partial charge >= 0.3 is 0 Å². The molecule has 2 rings (SSSR count). The van der Waals surface area contributed by atoms with Crippen LogP contribution < -0.4 is 0 Å². The number of hydrogen-bond acceptors (Lipinski definition) is 1. The maximum absolute atomic E-state index is 11.5. The summed E-state index contributed by atoms with van der Waals surface area (Å²) in [6.45, 7) is 13.1. The SMILES string of the molecule is CC(C)(C)c1ccc2cc(C(C)(C)C)c(C=O)c-2cc1. The maximum atomic E-state index is 11.5. The van der Waals surface area contributed by atoms with Crippen molar-refractivity contribution in [3.63, 3.8) is 0 Å². The number of aldehydes is 1. The molecule has 0 radical (unpaired) electrons. The van der Waals surface area contributed by atoms with E-state index in [1.165, 1.54) is 5.56 Å². The highest BCUT2D eigenvalue weighted by Gasteiger charge is 2.24. The van der Waals surface area contributed by atoms with Crippen molar-refractivity contribution < 1.29 is 4.79 Å². The van der Waals surface area contributed by atoms with Gasteiger partial charge < -0.3 is 0 Å². The Morgan fingerprint density at radius 2 is 1.45 bits per heavy atom. The third-order valence-electron chi connectivity index (χ3n) is 3.86. The zero-order chi connectivity index (χ0) is 15.1. The first-order chi connectivity index (χ1) is 9.14. The van der Waals surface area contributed by atoms with Crippen LogP contribution in [0.5, 0.6) is 0 Å². The molecule has 0 aliphatic heterocycles. The molecule has 1 heteroatoms. The van der Waals surface area contributed by atoms with Gasteiger partial charge in [0, 0.05) is 5.56 Å². The van der Waals surface area contributed by atoms with Crippen LogP contribution in [0.1, 0.15) is 63.0 Å². The molecule has 0 spiro atoms. The highest BCUT2D eigenvalue weighted by atomic mass is 16.1. The van der Waals surface area contributed by atoms with Crippen LogP contribution >= 0.6 is 0 Å². The van der Waals surface area contributed by atoms with Crippen molar-refractivity contribution in [2.45, 2.75) is 52.4 Å². The van der Waals surface area contributed by atoms with E-state index in [2.05, 4.69) is 71.9 Å². The van der Waals surface area contributed by atoms with Crippen molar-refractivity contribution in [2.24, 2.45) is 0 Å². The largest absolute Gasteiger partial charge is 0.298 e. The standard InChI is InChI=1S/C19H24O/c1-18(2,3)14-8-7-13-11-17(19(4,5)6)16(12-20)15(13)10-9-14/h7-12H,1-6H3. The number of fused-ring (bicyclic) bond motifs is 1. The third-order valence-corrected chi connectivity index (χ3v) is 3.86. The van der Waals surface area contributed by atoms with Gasteiger partial charge in [-0.25, -0.2) is 0 Å². The molecular formula is C19H24O. The Balaban J connectivity index is 2.71. The highest BCUT2D eigenvalue weighted by molar-refractivity contribution is 5.93. The molecule has 20 heavy (non-hydrogen) atoms. The molecule has 0 saturated heterocycles. The fourth-order valence-corrected chi connectivity index (χ4v) is 2.59. The Morgan fingerprint density at radius 1 is 0.850 bits per heavy atom. The highest BCUT2D eigenvalue weighted by Crippen LogP contribution is 2.37. The number of rotatable bonds is 1. The van der Waals surface area contributed by atoms with Gasteiger partial charge in [0.2, 0.25) is 0 Å². The maximum Gasteiger partial charge on any atom is 0.150 e. The predicted octanol–water partition coefficient (Wildman–Crippen LogP) is 5.20. The molecule has 0 saturated carbocycles. The average molecular weight is 268 g/mol. The van der Waals surface area contributed by atoms with Gasteiger partial charge in [-0.15, -0.1) is 0 Å². The Morgan fingerprint density at radius 3 is 1.95 bits per heavy atom. The lowest BCUT2D eigenvalue weighted by atomic mass is 9.86. The second kappa shape index (κ2) is 4.73. The van der Waals surface area contributed by atoms with Crippen molar-refractivity contribution in [1.29, 1.82) is 0 Å². The number of hydrogen-bond donors (Lipinski definition) is 0. The zero-order valence-electron chi connectivity index (χ0n) is 13.4. The minimum absolute atomic E-state index is 0.0132. The molecule has 106 valence electrons. The van der Waals surface area contributed by atoms with E-state index in [0.29, 0.717) is 0 Å². The van der Waals surface area contributed by atoms with Crippen LogP contribution in [0.4, 0.5) is 0 Å². The van der Waals surface area contributed by atoms with Crippen molar-refractivity contribution in [3.05, 3.63) is 47.0 Å². The summed E-state index contributed by atoms with van der Waals surface area (Å²) >= 11 is 0. The van der Waals surface area contributed by atoms with Crippen LogP contribution in [0.2, 0.25) is 0 Å². The molecule has 0 aromatic heterocycles. The summed E-state index contributed by atoms with van der Waals surface area (Å²) in [6, 6.07) is 10.7. The minimum Gasteiger partial charge on any atom is -0.298 e. The molecule has 0 aromatic carbocycles. The topological polar surface area (TPSA) is 17.1 Å². The normalized spacial score (nSPS) is 12.7. The molecule has 0 amide bonds. The Kier molecular flexibility index (Phi) is 3.49. The van der Waals surface area contributed by atoms with Gasteiger partial charge in [-0.05, 0) is 39.2 Å². The van der Waals surface area contributed by atoms with Crippen molar-refractivity contribution >= 4 is 6.29 Å². The van der Waals surface area contributed by atoms with Crippen molar-refractivity contribution in [2.75, 3.05) is 0 Å². The summed E-state index contributed by atoms with van der Waals surface area (Å²) in [5.41, 5.74) is 5.55. The molecule has 0 bridgehead atoms. The zero-order valence-corrected chi connectivity index (χ0v) is 13.4. The second-order valence-corrected chi connectivity index (χ2v) is 7.58. The summed E-state index contributed by atoms with van der Waals surface area (Å²) in [6.07, 6.45) is 1.000. The van der Waals surface area contributed by atoms with Gasteiger partial charge in [-0.3, -0.25) is 4.79 Å².